The van der Waals surface area contributed by atoms with Gasteiger partial charge in [0.15, 0.2) is 0 Å². The van der Waals surface area contributed by atoms with Gasteiger partial charge in [-0.05, 0) is 36.9 Å². The Balaban J connectivity index is 1.46. The van der Waals surface area contributed by atoms with Crippen LogP contribution in [0.3, 0.4) is 0 Å². The average molecular weight is 474 g/mol. The summed E-state index contributed by atoms with van der Waals surface area (Å²) in [6.07, 6.45) is 0. The molecule has 34 heavy (non-hydrogen) atoms. The van der Waals surface area contributed by atoms with Crippen molar-refractivity contribution in [1.29, 1.82) is 0 Å². The Labute approximate surface area is 200 Å². The van der Waals surface area contributed by atoms with E-state index in [1.807, 2.05) is 60.7 Å². The van der Waals surface area contributed by atoms with Crippen LogP contribution in [0, 0.1) is 0 Å². The van der Waals surface area contributed by atoms with Crippen LogP contribution < -0.4 is 4.74 Å². The third kappa shape index (κ3) is 3.52. The second kappa shape index (κ2) is 8.27. The quantitative estimate of drug-likeness (QED) is 0.383. The van der Waals surface area contributed by atoms with E-state index in [4.69, 9.17) is 4.74 Å². The molecule has 1 saturated heterocycles. The first-order valence-electron chi connectivity index (χ1n) is 11.6. The third-order valence-corrected chi connectivity index (χ3v) is 8.66. The normalized spacial score (nSPS) is 17.6. The smallest absolute Gasteiger partial charge is 0.269 e. The van der Waals surface area contributed by atoms with Crippen molar-refractivity contribution in [3.8, 4) is 17.0 Å². The number of piperazine rings is 1. The molecule has 6 nitrogen and oxygen atoms in total. The van der Waals surface area contributed by atoms with E-state index in [0.29, 0.717) is 23.6 Å². The zero-order chi connectivity index (χ0) is 23.3. The molecule has 3 aromatic carbocycles. The maximum Gasteiger partial charge on any atom is 0.269 e. The lowest BCUT2D eigenvalue weighted by Gasteiger charge is -2.32. The topological polar surface area (TPSA) is 54.8 Å². The Morgan fingerprint density at radius 2 is 1.62 bits per heavy atom. The van der Waals surface area contributed by atoms with Crippen molar-refractivity contribution in [2.24, 2.45) is 0 Å². The molecular formula is C27H27N3O3S. The van der Waals surface area contributed by atoms with Gasteiger partial charge in [0.25, 0.3) is 10.0 Å². The van der Waals surface area contributed by atoms with Crippen LogP contribution in [0.2, 0.25) is 0 Å². The van der Waals surface area contributed by atoms with Gasteiger partial charge in [0, 0.05) is 49.2 Å². The molecule has 0 N–H and O–H groups in total. The summed E-state index contributed by atoms with van der Waals surface area (Å²) in [4.78, 5) is 5.13. The largest absolute Gasteiger partial charge is 0.489 e. The lowest BCUT2D eigenvalue weighted by atomic mass is 10.0. The second-order valence-corrected chi connectivity index (χ2v) is 10.9. The molecule has 2 aliphatic rings. The maximum atomic E-state index is 13.5. The number of hydrogen-bond acceptors (Lipinski definition) is 5. The van der Waals surface area contributed by atoms with E-state index in [-0.39, 0.29) is 0 Å². The van der Waals surface area contributed by atoms with Crippen LogP contribution in [0.1, 0.15) is 11.1 Å². The molecule has 0 radical (unpaired) electrons. The van der Waals surface area contributed by atoms with Crippen LogP contribution in [0.5, 0.6) is 5.75 Å². The summed E-state index contributed by atoms with van der Waals surface area (Å²) in [6.45, 7) is 5.11. The van der Waals surface area contributed by atoms with Crippen molar-refractivity contribution in [3.63, 3.8) is 0 Å². The summed E-state index contributed by atoms with van der Waals surface area (Å²) >= 11 is 0. The molecule has 4 aromatic rings. The number of nitrogens with zero attached hydrogens (tertiary/aromatic N) is 3. The lowest BCUT2D eigenvalue weighted by molar-refractivity contribution is 0.148. The summed E-state index contributed by atoms with van der Waals surface area (Å²) in [7, 11) is -1.50. The lowest BCUT2D eigenvalue weighted by Crippen LogP contribution is -2.43. The molecule has 174 valence electrons. The molecule has 1 fully saturated rings. The third-order valence-electron chi connectivity index (χ3n) is 6.89. The molecule has 0 aliphatic carbocycles. The molecule has 0 saturated carbocycles. The van der Waals surface area contributed by atoms with Crippen molar-refractivity contribution < 1.29 is 13.2 Å². The first kappa shape index (κ1) is 21.4. The Hall–Kier alpha value is -3.13. The van der Waals surface area contributed by atoms with Gasteiger partial charge in [-0.1, -0.05) is 48.5 Å². The first-order valence-corrected chi connectivity index (χ1v) is 13.1. The minimum Gasteiger partial charge on any atom is -0.489 e. The monoisotopic (exact) mass is 473 g/mol. The second-order valence-electron chi connectivity index (χ2n) is 9.13. The number of aromatic nitrogens is 1. The van der Waals surface area contributed by atoms with Crippen molar-refractivity contribution >= 4 is 20.9 Å². The van der Waals surface area contributed by atoms with Gasteiger partial charge in [0.2, 0.25) is 0 Å². The minimum absolute atomic E-state index is 0.385. The van der Waals surface area contributed by atoms with Gasteiger partial charge in [0.05, 0.1) is 16.1 Å². The fourth-order valence-corrected chi connectivity index (χ4v) is 6.79. The predicted molar refractivity (Wildman–Crippen MR) is 134 cm³/mol. The molecule has 6 rings (SSSR count). The number of ether oxygens (including phenoxy) is 1. The fourth-order valence-electron chi connectivity index (χ4n) is 5.03. The van der Waals surface area contributed by atoms with Crippen molar-refractivity contribution in [1.82, 2.24) is 13.8 Å². The van der Waals surface area contributed by atoms with Crippen LogP contribution in [0.25, 0.3) is 22.2 Å². The van der Waals surface area contributed by atoms with E-state index in [1.165, 1.54) is 0 Å². The SMILES string of the molecule is CN1CCN(Cc2c3n(c4ccc(OCc5ccccc5)cc24)S(=O)(=O)c2ccccc2-3)CC1. The van der Waals surface area contributed by atoms with Gasteiger partial charge in [-0.2, -0.15) is 0 Å². The highest BCUT2D eigenvalue weighted by Crippen LogP contribution is 2.46. The maximum absolute atomic E-state index is 13.5. The molecule has 3 heterocycles. The van der Waals surface area contributed by atoms with E-state index >= 15 is 0 Å². The Morgan fingerprint density at radius 1 is 0.882 bits per heavy atom. The van der Waals surface area contributed by atoms with E-state index in [1.54, 1.807) is 16.1 Å². The molecule has 0 bridgehead atoms. The summed E-state index contributed by atoms with van der Waals surface area (Å²) in [6, 6.07) is 23.2. The highest BCUT2D eigenvalue weighted by atomic mass is 32.2. The highest BCUT2D eigenvalue weighted by Gasteiger charge is 2.37. The van der Waals surface area contributed by atoms with Gasteiger partial charge in [-0.25, -0.2) is 12.4 Å². The number of benzene rings is 3. The summed E-state index contributed by atoms with van der Waals surface area (Å²) < 4.78 is 34.7. The van der Waals surface area contributed by atoms with Gasteiger partial charge in [-0.3, -0.25) is 4.90 Å². The van der Waals surface area contributed by atoms with Crippen LogP contribution in [0.15, 0.2) is 77.7 Å². The van der Waals surface area contributed by atoms with E-state index in [9.17, 15) is 8.42 Å². The summed E-state index contributed by atoms with van der Waals surface area (Å²) in [5, 5.41) is 0.942. The highest BCUT2D eigenvalue weighted by molar-refractivity contribution is 7.90. The zero-order valence-electron chi connectivity index (χ0n) is 19.1. The fraction of sp³-hybridized carbons (Fsp3) is 0.259. The van der Waals surface area contributed by atoms with Crippen molar-refractivity contribution in [2.45, 2.75) is 18.0 Å². The Bertz CT molecular complexity index is 1470. The Morgan fingerprint density at radius 3 is 2.41 bits per heavy atom. The van der Waals surface area contributed by atoms with Gasteiger partial charge >= 0.3 is 0 Å². The first-order chi connectivity index (χ1) is 16.5. The molecule has 0 atom stereocenters. The minimum atomic E-state index is -3.64. The molecule has 1 aromatic heterocycles. The molecule has 0 spiro atoms. The molecule has 2 aliphatic heterocycles. The summed E-state index contributed by atoms with van der Waals surface area (Å²) in [5.41, 5.74) is 4.44. The number of rotatable bonds is 5. The van der Waals surface area contributed by atoms with Crippen molar-refractivity contribution in [2.75, 3.05) is 33.2 Å². The van der Waals surface area contributed by atoms with Crippen LogP contribution in [0.4, 0.5) is 0 Å². The number of hydrogen-bond donors (Lipinski definition) is 0. The van der Waals surface area contributed by atoms with E-state index in [0.717, 1.165) is 59.7 Å². The van der Waals surface area contributed by atoms with Crippen molar-refractivity contribution in [3.05, 3.63) is 83.9 Å². The van der Waals surface area contributed by atoms with Crippen LogP contribution >= 0.6 is 0 Å². The summed E-state index contributed by atoms with van der Waals surface area (Å²) in [5.74, 6) is 0.742. The van der Waals surface area contributed by atoms with Crippen LogP contribution in [-0.2, 0) is 23.2 Å². The average Bonchev–Trinajstić information content (AvgIpc) is 3.30. The zero-order valence-corrected chi connectivity index (χ0v) is 20.0. The Kier molecular flexibility index (Phi) is 5.21. The standard InChI is InChI=1S/C27H27N3O3S/c1-28-13-15-29(16-14-28)18-24-23-17-21(33-19-20-7-3-2-4-8-20)11-12-25(23)30-27(24)22-9-5-6-10-26(22)34(30,31)32/h2-12,17H,13-16,18-19H2,1H3. The van der Waals surface area contributed by atoms with Gasteiger partial charge in [-0.15, -0.1) is 0 Å². The van der Waals surface area contributed by atoms with Gasteiger partial charge in [0.1, 0.15) is 12.4 Å². The molecule has 0 amide bonds. The van der Waals surface area contributed by atoms with E-state index < -0.39 is 10.0 Å². The van der Waals surface area contributed by atoms with E-state index in [2.05, 4.69) is 16.8 Å². The van der Waals surface area contributed by atoms with Crippen LogP contribution in [-0.4, -0.2) is 55.4 Å². The number of likely N-dealkylation sites (N-methyl/N-ethyl adjacent to an activating group) is 1. The molecule has 7 heteroatoms. The molecular weight excluding hydrogens is 446 g/mol. The number of fused-ring (bicyclic) bond motifs is 5. The van der Waals surface area contributed by atoms with Gasteiger partial charge < -0.3 is 9.64 Å². The molecule has 0 unspecified atom stereocenters. The predicted octanol–water partition coefficient (Wildman–Crippen LogP) is 4.19.